The molecular weight excluding hydrogens is 414 g/mol. The topological polar surface area (TPSA) is 81.7 Å². The van der Waals surface area contributed by atoms with Gasteiger partial charge in [-0.05, 0) is 38.3 Å². The first-order valence-electron chi connectivity index (χ1n) is 11.5. The zero-order chi connectivity index (χ0) is 22.9. The largest absolute Gasteiger partial charge is 0.301 e. The molecule has 0 radical (unpaired) electrons. The average Bonchev–Trinajstić information content (AvgIpc) is 3.48. The molecule has 170 valence electrons. The van der Waals surface area contributed by atoms with Crippen molar-refractivity contribution in [3.63, 3.8) is 0 Å². The second kappa shape index (κ2) is 8.86. The van der Waals surface area contributed by atoms with Crippen LogP contribution in [0.1, 0.15) is 48.9 Å². The van der Waals surface area contributed by atoms with Gasteiger partial charge < -0.3 is 4.90 Å². The molecule has 1 aliphatic heterocycles. The van der Waals surface area contributed by atoms with Crippen LogP contribution in [0.2, 0.25) is 0 Å². The van der Waals surface area contributed by atoms with Crippen LogP contribution in [0.25, 0.3) is 22.0 Å². The van der Waals surface area contributed by atoms with E-state index in [9.17, 15) is 4.79 Å². The van der Waals surface area contributed by atoms with Crippen LogP contribution in [0.15, 0.2) is 49.2 Å². The van der Waals surface area contributed by atoms with Crippen molar-refractivity contribution < 1.29 is 4.79 Å². The van der Waals surface area contributed by atoms with E-state index in [0.717, 1.165) is 48.0 Å². The number of ketones is 1. The second-order valence-electron chi connectivity index (χ2n) is 9.13. The third-order valence-electron chi connectivity index (χ3n) is 6.52. The Kier molecular flexibility index (Phi) is 5.76. The highest BCUT2D eigenvalue weighted by molar-refractivity contribution is 5.97. The van der Waals surface area contributed by atoms with E-state index in [1.165, 1.54) is 0 Å². The number of aromatic nitrogens is 6. The number of nitrogens with zero attached hydrogens (tertiary/aromatic N) is 7. The minimum atomic E-state index is -0.0105. The average molecular weight is 444 g/mol. The van der Waals surface area contributed by atoms with Gasteiger partial charge in [-0.1, -0.05) is 12.1 Å². The van der Waals surface area contributed by atoms with Gasteiger partial charge in [-0.2, -0.15) is 10.2 Å². The van der Waals surface area contributed by atoms with Crippen molar-refractivity contribution in [2.45, 2.75) is 45.2 Å². The molecule has 0 saturated carbocycles. The Morgan fingerprint density at radius 2 is 1.88 bits per heavy atom. The number of carbonyl (C=O) groups is 1. The predicted molar refractivity (Wildman–Crippen MR) is 127 cm³/mol. The predicted octanol–water partition coefficient (Wildman–Crippen LogP) is 3.70. The molecule has 1 fully saturated rings. The van der Waals surface area contributed by atoms with Crippen LogP contribution in [-0.2, 0) is 13.5 Å². The van der Waals surface area contributed by atoms with Crippen molar-refractivity contribution in [1.29, 1.82) is 0 Å². The molecule has 1 aromatic carbocycles. The standard InChI is InChI=1S/C25H29N7O/c1-17(2)31-8-6-22(7-9-31)32-16-21(14-28-32)24(33)11-25-26-12-19-5-4-18(10-23(19)29-25)20-13-27-30(3)15-20/h4-5,10,12-17,22H,6-9,11H2,1-3H3. The summed E-state index contributed by atoms with van der Waals surface area (Å²) in [6, 6.07) is 6.97. The smallest absolute Gasteiger partial charge is 0.173 e. The van der Waals surface area contributed by atoms with Gasteiger partial charge in [0.2, 0.25) is 0 Å². The molecule has 3 aromatic heterocycles. The molecule has 1 aliphatic rings. The van der Waals surface area contributed by atoms with Crippen LogP contribution in [-0.4, -0.2) is 59.3 Å². The maximum atomic E-state index is 12.9. The number of Topliss-reactive ketones (excluding diaryl/α,β-unsaturated/α-hetero) is 1. The van der Waals surface area contributed by atoms with Crippen molar-refractivity contribution in [3.05, 3.63) is 60.6 Å². The van der Waals surface area contributed by atoms with E-state index in [1.807, 2.05) is 48.5 Å². The molecule has 0 amide bonds. The molecular formula is C25H29N7O. The molecule has 4 aromatic rings. The summed E-state index contributed by atoms with van der Waals surface area (Å²) >= 11 is 0. The highest BCUT2D eigenvalue weighted by Gasteiger charge is 2.23. The quantitative estimate of drug-likeness (QED) is 0.423. The van der Waals surface area contributed by atoms with Crippen molar-refractivity contribution in [2.75, 3.05) is 13.1 Å². The number of fused-ring (bicyclic) bond motifs is 1. The lowest BCUT2D eigenvalue weighted by Crippen LogP contribution is -2.39. The Labute approximate surface area is 193 Å². The minimum Gasteiger partial charge on any atom is -0.301 e. The first-order chi connectivity index (χ1) is 16.0. The number of benzene rings is 1. The Bertz CT molecular complexity index is 1280. The van der Waals surface area contributed by atoms with Gasteiger partial charge in [0.05, 0.1) is 35.9 Å². The van der Waals surface area contributed by atoms with Gasteiger partial charge >= 0.3 is 0 Å². The van der Waals surface area contributed by atoms with Crippen molar-refractivity contribution in [1.82, 2.24) is 34.4 Å². The van der Waals surface area contributed by atoms with Gasteiger partial charge in [0.25, 0.3) is 0 Å². The van der Waals surface area contributed by atoms with Crippen LogP contribution in [0.3, 0.4) is 0 Å². The summed E-state index contributed by atoms with van der Waals surface area (Å²) in [5, 5.41) is 9.68. The van der Waals surface area contributed by atoms with E-state index in [-0.39, 0.29) is 12.2 Å². The fourth-order valence-corrected chi connectivity index (χ4v) is 4.49. The Balaban J connectivity index is 1.29. The summed E-state index contributed by atoms with van der Waals surface area (Å²) in [6.45, 7) is 6.61. The summed E-state index contributed by atoms with van der Waals surface area (Å²) in [6.07, 6.45) is 11.4. The maximum Gasteiger partial charge on any atom is 0.173 e. The second-order valence-corrected chi connectivity index (χ2v) is 9.13. The monoisotopic (exact) mass is 443 g/mol. The molecule has 0 unspecified atom stereocenters. The van der Waals surface area contributed by atoms with Gasteiger partial charge in [-0.25, -0.2) is 9.97 Å². The number of aryl methyl sites for hydroxylation is 1. The Morgan fingerprint density at radius 1 is 1.06 bits per heavy atom. The molecule has 4 heterocycles. The van der Waals surface area contributed by atoms with Gasteiger partial charge in [-0.3, -0.25) is 14.2 Å². The van der Waals surface area contributed by atoms with Crippen molar-refractivity contribution >= 4 is 16.7 Å². The van der Waals surface area contributed by atoms with E-state index in [0.29, 0.717) is 23.5 Å². The fraction of sp³-hybridized carbons (Fsp3) is 0.400. The van der Waals surface area contributed by atoms with E-state index in [4.69, 9.17) is 0 Å². The number of hydrogen-bond donors (Lipinski definition) is 0. The first kappa shape index (κ1) is 21.5. The van der Waals surface area contributed by atoms with E-state index in [2.05, 4.69) is 38.9 Å². The highest BCUT2D eigenvalue weighted by atomic mass is 16.1. The van der Waals surface area contributed by atoms with Crippen LogP contribution in [0.4, 0.5) is 0 Å². The summed E-state index contributed by atoms with van der Waals surface area (Å²) in [4.78, 5) is 24.5. The summed E-state index contributed by atoms with van der Waals surface area (Å²) < 4.78 is 3.74. The Hall–Kier alpha value is -3.39. The summed E-state index contributed by atoms with van der Waals surface area (Å²) in [7, 11) is 1.90. The number of hydrogen-bond acceptors (Lipinski definition) is 6. The molecule has 0 spiro atoms. The van der Waals surface area contributed by atoms with Gasteiger partial charge in [0.1, 0.15) is 5.82 Å². The lowest BCUT2D eigenvalue weighted by molar-refractivity contribution is 0.0990. The normalized spacial score (nSPS) is 15.5. The minimum absolute atomic E-state index is 0.0105. The SMILES string of the molecule is CC(C)N1CCC(n2cc(C(=O)Cc3ncc4ccc(-c5cnn(C)c5)cc4n3)cn2)CC1. The van der Waals surface area contributed by atoms with E-state index >= 15 is 0 Å². The lowest BCUT2D eigenvalue weighted by atomic mass is 10.0. The van der Waals surface area contributed by atoms with Crippen molar-refractivity contribution in [3.8, 4) is 11.1 Å². The molecule has 1 saturated heterocycles. The Morgan fingerprint density at radius 3 is 2.61 bits per heavy atom. The lowest BCUT2D eigenvalue weighted by Gasteiger charge is -2.34. The zero-order valence-corrected chi connectivity index (χ0v) is 19.3. The van der Waals surface area contributed by atoms with E-state index < -0.39 is 0 Å². The van der Waals surface area contributed by atoms with E-state index in [1.54, 1.807) is 17.1 Å². The molecule has 0 N–H and O–H groups in total. The number of carbonyl (C=O) groups excluding carboxylic acids is 1. The molecule has 8 heteroatoms. The third-order valence-corrected chi connectivity index (χ3v) is 6.52. The molecule has 0 aliphatic carbocycles. The molecule has 0 bridgehead atoms. The number of piperidine rings is 1. The zero-order valence-electron chi connectivity index (χ0n) is 19.3. The fourth-order valence-electron chi connectivity index (χ4n) is 4.49. The molecule has 5 rings (SSSR count). The number of rotatable bonds is 6. The summed E-state index contributed by atoms with van der Waals surface area (Å²) in [5.41, 5.74) is 3.51. The maximum absolute atomic E-state index is 12.9. The summed E-state index contributed by atoms with van der Waals surface area (Å²) in [5.74, 6) is 0.512. The first-order valence-corrected chi connectivity index (χ1v) is 11.5. The van der Waals surface area contributed by atoms with Crippen LogP contribution in [0, 0.1) is 0 Å². The van der Waals surface area contributed by atoms with Gasteiger partial charge in [0.15, 0.2) is 5.78 Å². The molecule has 33 heavy (non-hydrogen) atoms. The van der Waals surface area contributed by atoms with Gasteiger partial charge in [0, 0.05) is 55.7 Å². The highest BCUT2D eigenvalue weighted by Crippen LogP contribution is 2.24. The van der Waals surface area contributed by atoms with Crippen LogP contribution < -0.4 is 0 Å². The molecule has 8 nitrogen and oxygen atoms in total. The van der Waals surface area contributed by atoms with Crippen LogP contribution in [0.5, 0.6) is 0 Å². The van der Waals surface area contributed by atoms with Crippen molar-refractivity contribution in [2.24, 2.45) is 7.05 Å². The number of likely N-dealkylation sites (tertiary alicyclic amines) is 1. The third kappa shape index (κ3) is 4.57. The van der Waals surface area contributed by atoms with Gasteiger partial charge in [-0.15, -0.1) is 0 Å². The molecule has 0 atom stereocenters. The van der Waals surface area contributed by atoms with Crippen LogP contribution >= 0.6 is 0 Å².